The lowest BCUT2D eigenvalue weighted by molar-refractivity contribution is -0.241. The fourth-order valence-electron chi connectivity index (χ4n) is 2.77. The van der Waals surface area contributed by atoms with E-state index in [9.17, 15) is 4.79 Å². The molecular weight excluding hydrogens is 340 g/mol. The summed E-state index contributed by atoms with van der Waals surface area (Å²) in [5, 5.41) is 0. The maximum atomic E-state index is 11.9. The fourth-order valence-corrected chi connectivity index (χ4v) is 2.77. The first-order valence-corrected chi connectivity index (χ1v) is 10.6. The molecule has 27 heavy (non-hydrogen) atoms. The Bertz CT molecular complexity index is 470. The van der Waals surface area contributed by atoms with Crippen LogP contribution in [0.25, 0.3) is 0 Å². The molecule has 0 bridgehead atoms. The highest BCUT2D eigenvalue weighted by atomic mass is 17.2. The Balaban J connectivity index is 2.06. The highest BCUT2D eigenvalue weighted by molar-refractivity contribution is 5.89. The minimum Gasteiger partial charge on any atom is -0.494 e. The minimum atomic E-state index is -0.460. The third-order valence-electron chi connectivity index (χ3n) is 4.47. The molecule has 0 saturated carbocycles. The molecule has 0 amide bonds. The van der Waals surface area contributed by atoms with Gasteiger partial charge in [0, 0.05) is 0 Å². The molecule has 0 spiro atoms. The van der Waals surface area contributed by atoms with E-state index in [2.05, 4.69) is 13.8 Å². The third kappa shape index (κ3) is 12.5. The van der Waals surface area contributed by atoms with Gasteiger partial charge in [-0.15, -0.1) is 0 Å². The Labute approximate surface area is 165 Å². The molecule has 4 heteroatoms. The second-order valence-electron chi connectivity index (χ2n) is 6.95. The van der Waals surface area contributed by atoms with Crippen LogP contribution in [-0.4, -0.2) is 19.2 Å². The lowest BCUT2D eigenvalue weighted by atomic mass is 10.1. The van der Waals surface area contributed by atoms with Gasteiger partial charge in [-0.25, -0.2) is 4.79 Å². The molecule has 153 valence electrons. The maximum absolute atomic E-state index is 11.9. The van der Waals surface area contributed by atoms with Gasteiger partial charge in [-0.05, 0) is 37.1 Å². The summed E-state index contributed by atoms with van der Waals surface area (Å²) in [5.74, 6) is 0.317. The minimum absolute atomic E-state index is 0.448. The molecule has 0 aliphatic carbocycles. The van der Waals surface area contributed by atoms with Crippen molar-refractivity contribution >= 4 is 5.97 Å². The SMILES string of the molecule is [CH2]CCCCCCCCCOOC(=O)c1ccc(OCCCCCC)cc1. The smallest absolute Gasteiger partial charge is 0.373 e. The van der Waals surface area contributed by atoms with Crippen LogP contribution in [-0.2, 0) is 9.78 Å². The summed E-state index contributed by atoms with van der Waals surface area (Å²) in [4.78, 5) is 21.8. The van der Waals surface area contributed by atoms with Crippen molar-refractivity contribution in [2.24, 2.45) is 0 Å². The van der Waals surface area contributed by atoms with Crippen molar-refractivity contribution in [1.29, 1.82) is 0 Å². The second kappa shape index (κ2) is 16.6. The molecule has 1 rings (SSSR count). The van der Waals surface area contributed by atoms with Gasteiger partial charge in [0.1, 0.15) is 5.75 Å². The summed E-state index contributed by atoms with van der Waals surface area (Å²) in [6.07, 6.45) is 14.0. The summed E-state index contributed by atoms with van der Waals surface area (Å²) in [7, 11) is 0. The van der Waals surface area contributed by atoms with Crippen LogP contribution < -0.4 is 4.74 Å². The van der Waals surface area contributed by atoms with Crippen LogP contribution in [0.15, 0.2) is 24.3 Å². The number of carbonyl (C=O) groups excluding carboxylic acids is 1. The number of rotatable bonds is 17. The molecule has 1 radical (unpaired) electrons. The molecule has 0 aromatic heterocycles. The van der Waals surface area contributed by atoms with Crippen LogP contribution in [0.1, 0.15) is 94.3 Å². The number of ether oxygens (including phenoxy) is 1. The van der Waals surface area contributed by atoms with E-state index in [0.717, 1.165) is 31.4 Å². The van der Waals surface area contributed by atoms with Gasteiger partial charge in [-0.3, -0.25) is 4.89 Å². The predicted molar refractivity (Wildman–Crippen MR) is 110 cm³/mol. The first kappa shape index (κ1) is 23.5. The molecule has 4 nitrogen and oxygen atoms in total. The molecule has 1 aromatic carbocycles. The van der Waals surface area contributed by atoms with E-state index in [1.165, 1.54) is 51.4 Å². The molecule has 1 aromatic rings. The van der Waals surface area contributed by atoms with Crippen molar-refractivity contribution in [2.45, 2.75) is 84.0 Å². The van der Waals surface area contributed by atoms with Crippen molar-refractivity contribution in [1.82, 2.24) is 0 Å². The maximum Gasteiger partial charge on any atom is 0.373 e. The Morgan fingerprint density at radius 1 is 0.815 bits per heavy atom. The van der Waals surface area contributed by atoms with E-state index >= 15 is 0 Å². The molecule has 0 aliphatic heterocycles. The normalized spacial score (nSPS) is 10.7. The zero-order valence-electron chi connectivity index (χ0n) is 17.0. The summed E-state index contributed by atoms with van der Waals surface area (Å²) in [6.45, 7) is 7.20. The Kier molecular flexibility index (Phi) is 14.5. The number of hydrogen-bond acceptors (Lipinski definition) is 4. The Morgan fingerprint density at radius 2 is 1.41 bits per heavy atom. The topological polar surface area (TPSA) is 44.8 Å². The quantitative estimate of drug-likeness (QED) is 0.172. The van der Waals surface area contributed by atoms with Gasteiger partial charge >= 0.3 is 5.97 Å². The molecular formula is C23H37O4. The first-order valence-electron chi connectivity index (χ1n) is 10.6. The predicted octanol–water partition coefficient (Wildman–Crippen LogP) is 6.69. The first-order chi connectivity index (χ1) is 13.3. The molecule has 0 unspecified atom stereocenters. The van der Waals surface area contributed by atoms with E-state index in [1.807, 2.05) is 0 Å². The summed E-state index contributed by atoms with van der Waals surface area (Å²) >= 11 is 0. The highest BCUT2D eigenvalue weighted by Gasteiger charge is 2.08. The van der Waals surface area contributed by atoms with E-state index in [4.69, 9.17) is 14.5 Å². The third-order valence-corrected chi connectivity index (χ3v) is 4.47. The lowest BCUT2D eigenvalue weighted by Crippen LogP contribution is -2.07. The number of unbranched alkanes of at least 4 members (excludes halogenated alkanes) is 10. The molecule has 0 saturated heterocycles. The number of carbonyl (C=O) groups is 1. The van der Waals surface area contributed by atoms with Crippen LogP contribution in [0.5, 0.6) is 5.75 Å². The van der Waals surface area contributed by atoms with Gasteiger partial charge in [0.25, 0.3) is 0 Å². The van der Waals surface area contributed by atoms with E-state index in [1.54, 1.807) is 24.3 Å². The van der Waals surface area contributed by atoms with Crippen molar-refractivity contribution in [3.63, 3.8) is 0 Å². The molecule has 0 aliphatic rings. The van der Waals surface area contributed by atoms with Crippen molar-refractivity contribution in [3.05, 3.63) is 36.8 Å². The van der Waals surface area contributed by atoms with Gasteiger partial charge in [0.05, 0.1) is 18.8 Å². The highest BCUT2D eigenvalue weighted by Crippen LogP contribution is 2.14. The zero-order valence-corrected chi connectivity index (χ0v) is 17.0. The second-order valence-corrected chi connectivity index (χ2v) is 6.95. The van der Waals surface area contributed by atoms with Crippen LogP contribution in [0, 0.1) is 6.92 Å². The van der Waals surface area contributed by atoms with E-state index in [-0.39, 0.29) is 0 Å². The monoisotopic (exact) mass is 377 g/mol. The molecule has 0 heterocycles. The van der Waals surface area contributed by atoms with Crippen molar-refractivity contribution in [3.8, 4) is 5.75 Å². The largest absolute Gasteiger partial charge is 0.494 e. The van der Waals surface area contributed by atoms with Crippen molar-refractivity contribution < 1.29 is 19.3 Å². The number of benzene rings is 1. The van der Waals surface area contributed by atoms with E-state index < -0.39 is 5.97 Å². The molecule has 0 fully saturated rings. The van der Waals surface area contributed by atoms with Crippen LogP contribution >= 0.6 is 0 Å². The average molecular weight is 378 g/mol. The Morgan fingerprint density at radius 3 is 2.07 bits per heavy atom. The van der Waals surface area contributed by atoms with Crippen LogP contribution in [0.4, 0.5) is 0 Å². The standard InChI is InChI=1S/C23H37O4/c1-3-5-7-9-10-11-12-14-20-26-27-23(24)21-15-17-22(18-16-21)25-19-13-8-6-4-2/h15-18H,1,3-14,19-20H2,2H3. The Hall–Kier alpha value is -1.55. The van der Waals surface area contributed by atoms with Crippen LogP contribution in [0.3, 0.4) is 0 Å². The summed E-state index contributed by atoms with van der Waals surface area (Å²) in [6, 6.07) is 7.01. The van der Waals surface area contributed by atoms with Gasteiger partial charge in [0.15, 0.2) is 0 Å². The molecule has 0 N–H and O–H groups in total. The van der Waals surface area contributed by atoms with Crippen molar-refractivity contribution in [2.75, 3.05) is 13.2 Å². The molecule has 0 atom stereocenters. The fraction of sp³-hybridized carbons (Fsp3) is 0.652. The number of hydrogen-bond donors (Lipinski definition) is 0. The zero-order chi connectivity index (χ0) is 19.6. The van der Waals surface area contributed by atoms with Gasteiger partial charge < -0.3 is 4.74 Å². The summed E-state index contributed by atoms with van der Waals surface area (Å²) in [5.41, 5.74) is 0.471. The van der Waals surface area contributed by atoms with Gasteiger partial charge in [-0.2, -0.15) is 4.89 Å². The van der Waals surface area contributed by atoms with Crippen LogP contribution in [0.2, 0.25) is 0 Å². The summed E-state index contributed by atoms with van der Waals surface area (Å²) < 4.78 is 5.67. The van der Waals surface area contributed by atoms with Gasteiger partial charge in [-0.1, -0.05) is 78.1 Å². The average Bonchev–Trinajstić information content (AvgIpc) is 2.69. The lowest BCUT2D eigenvalue weighted by Gasteiger charge is -2.07. The van der Waals surface area contributed by atoms with E-state index in [0.29, 0.717) is 18.8 Å². The van der Waals surface area contributed by atoms with Gasteiger partial charge in [0.2, 0.25) is 0 Å².